The second-order valence-electron chi connectivity index (χ2n) is 4.26. The lowest BCUT2D eigenvalue weighted by atomic mass is 9.97. The second-order valence-corrected chi connectivity index (χ2v) is 5.11. The van der Waals surface area contributed by atoms with E-state index in [2.05, 4.69) is 20.9 Å². The van der Waals surface area contributed by atoms with Crippen molar-refractivity contribution in [3.63, 3.8) is 0 Å². The van der Waals surface area contributed by atoms with Gasteiger partial charge in [-0.1, -0.05) is 0 Å². The first kappa shape index (κ1) is 13.0. The van der Waals surface area contributed by atoms with E-state index >= 15 is 0 Å². The summed E-state index contributed by atoms with van der Waals surface area (Å²) in [4.78, 5) is 28.7. The van der Waals surface area contributed by atoms with Crippen molar-refractivity contribution in [3.8, 4) is 0 Å². The number of rotatable bonds is 2. The van der Waals surface area contributed by atoms with E-state index in [0.717, 1.165) is 0 Å². The van der Waals surface area contributed by atoms with Gasteiger partial charge in [0, 0.05) is 30.0 Å². The Kier molecular flexibility index (Phi) is 3.96. The minimum atomic E-state index is -0.771. The summed E-state index contributed by atoms with van der Waals surface area (Å²) < 4.78 is 0.662. The monoisotopic (exact) mass is 312 g/mol. The molecule has 1 N–H and O–H groups in total. The molecular formula is C12H13BrN2O3. The summed E-state index contributed by atoms with van der Waals surface area (Å²) in [7, 11) is 0. The molecule has 0 aliphatic carbocycles. The lowest BCUT2D eigenvalue weighted by Gasteiger charge is -2.30. The molecule has 1 saturated heterocycles. The Morgan fingerprint density at radius 1 is 1.39 bits per heavy atom. The quantitative estimate of drug-likeness (QED) is 0.903. The molecule has 1 aliphatic heterocycles. The molecule has 0 saturated carbocycles. The van der Waals surface area contributed by atoms with Crippen molar-refractivity contribution >= 4 is 27.8 Å². The van der Waals surface area contributed by atoms with Crippen molar-refractivity contribution in [2.75, 3.05) is 13.1 Å². The first-order chi connectivity index (χ1) is 8.59. The molecule has 0 bridgehead atoms. The summed E-state index contributed by atoms with van der Waals surface area (Å²) in [5.74, 6) is -1.17. The van der Waals surface area contributed by atoms with Crippen molar-refractivity contribution in [2.45, 2.75) is 12.8 Å². The Morgan fingerprint density at radius 3 is 2.61 bits per heavy atom. The molecule has 1 fully saturated rings. The second kappa shape index (κ2) is 5.48. The average molecular weight is 313 g/mol. The summed E-state index contributed by atoms with van der Waals surface area (Å²) in [5.41, 5.74) is 0.568. The Balaban J connectivity index is 2.04. The van der Waals surface area contributed by atoms with Crippen LogP contribution in [0.25, 0.3) is 0 Å². The number of likely N-dealkylation sites (tertiary alicyclic amines) is 1. The minimum absolute atomic E-state index is 0.0758. The number of halogens is 1. The highest BCUT2D eigenvalue weighted by molar-refractivity contribution is 9.10. The van der Waals surface area contributed by atoms with E-state index < -0.39 is 5.97 Å². The zero-order chi connectivity index (χ0) is 13.1. The molecule has 0 unspecified atom stereocenters. The van der Waals surface area contributed by atoms with Crippen LogP contribution in [0.5, 0.6) is 0 Å². The van der Waals surface area contributed by atoms with Crippen LogP contribution in [0.4, 0.5) is 0 Å². The Hall–Kier alpha value is -1.43. The van der Waals surface area contributed by atoms with Gasteiger partial charge in [0.2, 0.25) is 0 Å². The summed E-state index contributed by atoms with van der Waals surface area (Å²) in [6.45, 7) is 0.981. The van der Waals surface area contributed by atoms with Crippen LogP contribution in [0.15, 0.2) is 22.9 Å². The maximum atomic E-state index is 12.2. The van der Waals surface area contributed by atoms with Crippen LogP contribution >= 0.6 is 15.9 Å². The van der Waals surface area contributed by atoms with Gasteiger partial charge in [-0.2, -0.15) is 0 Å². The molecule has 1 aromatic rings. The largest absolute Gasteiger partial charge is 0.481 e. The Bertz CT molecular complexity index is 470. The zero-order valence-electron chi connectivity index (χ0n) is 9.67. The van der Waals surface area contributed by atoms with E-state index in [4.69, 9.17) is 5.11 Å². The van der Waals surface area contributed by atoms with Gasteiger partial charge in [0.05, 0.1) is 11.5 Å². The number of aromatic nitrogens is 1. The molecule has 2 rings (SSSR count). The summed E-state index contributed by atoms with van der Waals surface area (Å²) in [6.07, 6.45) is 4.19. The van der Waals surface area contributed by atoms with Crippen LogP contribution in [0.1, 0.15) is 23.2 Å². The van der Waals surface area contributed by atoms with Crippen molar-refractivity contribution in [2.24, 2.45) is 5.92 Å². The highest BCUT2D eigenvalue weighted by Crippen LogP contribution is 2.22. The van der Waals surface area contributed by atoms with Gasteiger partial charge in [0.1, 0.15) is 0 Å². The lowest BCUT2D eigenvalue weighted by molar-refractivity contribution is -0.143. The molecule has 0 atom stereocenters. The van der Waals surface area contributed by atoms with Crippen molar-refractivity contribution in [3.05, 3.63) is 28.5 Å². The molecular weight excluding hydrogens is 300 g/mol. The van der Waals surface area contributed by atoms with E-state index in [9.17, 15) is 9.59 Å². The van der Waals surface area contributed by atoms with E-state index in [1.807, 2.05) is 0 Å². The van der Waals surface area contributed by atoms with Crippen LogP contribution in [-0.2, 0) is 4.79 Å². The van der Waals surface area contributed by atoms with Crippen LogP contribution in [-0.4, -0.2) is 40.0 Å². The molecule has 0 spiro atoms. The molecule has 1 aliphatic rings. The molecule has 18 heavy (non-hydrogen) atoms. The van der Waals surface area contributed by atoms with Crippen molar-refractivity contribution in [1.82, 2.24) is 9.88 Å². The number of carbonyl (C=O) groups excluding carboxylic acids is 1. The number of hydrogen-bond donors (Lipinski definition) is 1. The third-order valence-corrected chi connectivity index (χ3v) is 3.77. The topological polar surface area (TPSA) is 70.5 Å². The molecule has 1 amide bonds. The standard InChI is InChI=1S/C12H13BrN2O3/c13-10-7-14-4-1-9(10)11(16)15-5-2-8(3-6-15)12(17)18/h1,4,7-8H,2-3,5-6H2,(H,17,18). The highest BCUT2D eigenvalue weighted by Gasteiger charge is 2.28. The van der Waals surface area contributed by atoms with E-state index in [1.165, 1.54) is 0 Å². The maximum absolute atomic E-state index is 12.2. The third-order valence-electron chi connectivity index (χ3n) is 3.13. The van der Waals surface area contributed by atoms with Crippen molar-refractivity contribution < 1.29 is 14.7 Å². The number of piperidine rings is 1. The fraction of sp³-hybridized carbons (Fsp3) is 0.417. The van der Waals surface area contributed by atoms with Crippen LogP contribution < -0.4 is 0 Å². The van der Waals surface area contributed by atoms with Crippen LogP contribution in [0.3, 0.4) is 0 Å². The number of hydrogen-bond acceptors (Lipinski definition) is 3. The average Bonchev–Trinajstić information content (AvgIpc) is 2.38. The first-order valence-corrected chi connectivity index (χ1v) is 6.50. The van der Waals surface area contributed by atoms with Crippen LogP contribution in [0, 0.1) is 5.92 Å². The molecule has 96 valence electrons. The van der Waals surface area contributed by atoms with E-state index in [-0.39, 0.29) is 11.8 Å². The maximum Gasteiger partial charge on any atom is 0.306 e. The Morgan fingerprint density at radius 2 is 2.06 bits per heavy atom. The predicted molar refractivity (Wildman–Crippen MR) is 68.2 cm³/mol. The fourth-order valence-corrected chi connectivity index (χ4v) is 2.47. The van der Waals surface area contributed by atoms with Crippen LogP contribution in [0.2, 0.25) is 0 Å². The number of pyridine rings is 1. The van der Waals surface area contributed by atoms with Gasteiger partial charge in [0.15, 0.2) is 0 Å². The zero-order valence-corrected chi connectivity index (χ0v) is 11.3. The number of aliphatic carboxylic acids is 1. The molecule has 1 aromatic heterocycles. The van der Waals surface area contributed by atoms with Gasteiger partial charge in [0.25, 0.3) is 5.91 Å². The third kappa shape index (κ3) is 2.69. The highest BCUT2D eigenvalue weighted by atomic mass is 79.9. The minimum Gasteiger partial charge on any atom is -0.481 e. The number of carbonyl (C=O) groups is 2. The SMILES string of the molecule is O=C(O)C1CCN(C(=O)c2ccncc2Br)CC1. The van der Waals surface area contributed by atoms with Gasteiger partial charge >= 0.3 is 5.97 Å². The number of carboxylic acids is 1. The molecule has 0 aromatic carbocycles. The molecule has 0 radical (unpaired) electrons. The summed E-state index contributed by atoms with van der Waals surface area (Å²) in [6, 6.07) is 1.66. The van der Waals surface area contributed by atoms with E-state index in [1.54, 1.807) is 23.4 Å². The predicted octanol–water partition coefficient (Wildman–Crippen LogP) is 1.78. The lowest BCUT2D eigenvalue weighted by Crippen LogP contribution is -2.40. The molecule has 6 heteroatoms. The first-order valence-electron chi connectivity index (χ1n) is 5.71. The van der Waals surface area contributed by atoms with E-state index in [0.29, 0.717) is 36.0 Å². The number of carboxylic acid groups (broad SMARTS) is 1. The van der Waals surface area contributed by atoms with Gasteiger partial charge in [-0.15, -0.1) is 0 Å². The van der Waals surface area contributed by atoms with Gasteiger partial charge in [-0.25, -0.2) is 0 Å². The molecule has 2 heterocycles. The summed E-state index contributed by atoms with van der Waals surface area (Å²) >= 11 is 3.29. The van der Waals surface area contributed by atoms with Gasteiger partial charge in [-0.05, 0) is 34.8 Å². The fourth-order valence-electron chi connectivity index (χ4n) is 2.05. The van der Waals surface area contributed by atoms with Gasteiger partial charge < -0.3 is 10.0 Å². The summed E-state index contributed by atoms with van der Waals surface area (Å²) in [5, 5.41) is 8.91. The van der Waals surface area contributed by atoms with Crippen molar-refractivity contribution in [1.29, 1.82) is 0 Å². The molecule has 5 nitrogen and oxygen atoms in total. The van der Waals surface area contributed by atoms with Gasteiger partial charge in [-0.3, -0.25) is 14.6 Å². The number of nitrogens with zero attached hydrogens (tertiary/aromatic N) is 2. The normalized spacial score (nSPS) is 16.6. The smallest absolute Gasteiger partial charge is 0.306 e. The number of amides is 1. The Labute approximate surface area is 113 Å².